The number of carbonyl (C=O) groups excluding carboxylic acids is 1. The van der Waals surface area contributed by atoms with Gasteiger partial charge in [-0.3, -0.25) is 9.36 Å². The topological polar surface area (TPSA) is 69.0 Å². The molecule has 0 saturated carbocycles. The Labute approximate surface area is 187 Å². The molecule has 0 saturated heterocycles. The fourth-order valence-corrected chi connectivity index (χ4v) is 3.91. The van der Waals surface area contributed by atoms with Crippen molar-refractivity contribution >= 4 is 17.7 Å². The number of hydrogen-bond acceptors (Lipinski definition) is 5. The van der Waals surface area contributed by atoms with Crippen LogP contribution < -0.4 is 10.1 Å². The van der Waals surface area contributed by atoms with Gasteiger partial charge in [-0.2, -0.15) is 0 Å². The molecule has 0 aliphatic rings. The highest BCUT2D eigenvalue weighted by atomic mass is 32.2. The van der Waals surface area contributed by atoms with E-state index in [0.717, 1.165) is 17.7 Å². The van der Waals surface area contributed by atoms with Gasteiger partial charge < -0.3 is 10.1 Å². The summed E-state index contributed by atoms with van der Waals surface area (Å²) in [5, 5.41) is 12.2. The zero-order valence-electron chi connectivity index (χ0n) is 18.0. The van der Waals surface area contributed by atoms with Crippen molar-refractivity contribution in [2.75, 3.05) is 12.3 Å². The maximum atomic E-state index is 12.3. The van der Waals surface area contributed by atoms with Crippen LogP contribution in [0.15, 0.2) is 72.4 Å². The van der Waals surface area contributed by atoms with Crippen molar-refractivity contribution in [1.82, 2.24) is 20.1 Å². The van der Waals surface area contributed by atoms with Crippen LogP contribution in [0.4, 0.5) is 0 Å². The van der Waals surface area contributed by atoms with Crippen molar-refractivity contribution in [2.45, 2.75) is 38.1 Å². The van der Waals surface area contributed by atoms with Gasteiger partial charge in [0.1, 0.15) is 5.75 Å². The molecular weight excluding hydrogens is 408 g/mol. The summed E-state index contributed by atoms with van der Waals surface area (Å²) in [6.07, 6.45) is 2.31. The number of carbonyl (C=O) groups is 1. The Kier molecular flexibility index (Phi) is 8.29. The lowest BCUT2D eigenvalue weighted by Crippen LogP contribution is -2.27. The van der Waals surface area contributed by atoms with Gasteiger partial charge in [0.2, 0.25) is 5.91 Å². The molecule has 3 rings (SSSR count). The summed E-state index contributed by atoms with van der Waals surface area (Å²) in [5.41, 5.74) is 2.33. The maximum absolute atomic E-state index is 12.3. The van der Waals surface area contributed by atoms with E-state index in [-0.39, 0.29) is 17.8 Å². The minimum absolute atomic E-state index is 0.0281. The largest absolute Gasteiger partial charge is 0.483 e. The molecule has 3 aromatic rings. The van der Waals surface area contributed by atoms with Crippen molar-refractivity contribution in [1.29, 1.82) is 0 Å². The van der Waals surface area contributed by atoms with Gasteiger partial charge in [0.15, 0.2) is 17.1 Å². The number of benzene rings is 2. The van der Waals surface area contributed by atoms with Crippen LogP contribution in [-0.4, -0.2) is 33.0 Å². The van der Waals surface area contributed by atoms with Gasteiger partial charge >= 0.3 is 0 Å². The molecule has 1 atom stereocenters. The number of aromatic nitrogens is 3. The average molecular weight is 437 g/mol. The van der Waals surface area contributed by atoms with Crippen LogP contribution in [-0.2, 0) is 17.8 Å². The molecule has 0 aliphatic heterocycles. The lowest BCUT2D eigenvalue weighted by Gasteiger charge is -2.16. The Morgan fingerprint density at radius 3 is 2.77 bits per heavy atom. The lowest BCUT2D eigenvalue weighted by atomic mass is 10.1. The molecule has 0 aliphatic carbocycles. The van der Waals surface area contributed by atoms with Gasteiger partial charge in [-0.1, -0.05) is 60.3 Å². The summed E-state index contributed by atoms with van der Waals surface area (Å²) in [4.78, 5) is 12.3. The lowest BCUT2D eigenvalue weighted by molar-refractivity contribution is -0.118. The van der Waals surface area contributed by atoms with Crippen LogP contribution in [0.25, 0.3) is 0 Å². The molecule has 6 nitrogen and oxygen atoms in total. The fraction of sp³-hybridized carbons (Fsp3) is 0.292. The fourth-order valence-electron chi connectivity index (χ4n) is 3.13. The van der Waals surface area contributed by atoms with Gasteiger partial charge in [0.25, 0.3) is 0 Å². The Hall–Kier alpha value is -3.06. The summed E-state index contributed by atoms with van der Waals surface area (Å²) in [7, 11) is 0. The molecule has 1 unspecified atom stereocenters. The van der Waals surface area contributed by atoms with Crippen LogP contribution in [0.2, 0.25) is 0 Å². The van der Waals surface area contributed by atoms with Crippen LogP contribution in [0.5, 0.6) is 5.75 Å². The zero-order chi connectivity index (χ0) is 22.1. The van der Waals surface area contributed by atoms with Gasteiger partial charge in [0.05, 0.1) is 5.75 Å². The summed E-state index contributed by atoms with van der Waals surface area (Å²) in [5.74, 6) is 1.73. The molecule has 1 heterocycles. The normalized spacial score (nSPS) is 11.7. The van der Waals surface area contributed by atoms with E-state index in [1.807, 2.05) is 60.9 Å². The van der Waals surface area contributed by atoms with Crippen molar-refractivity contribution < 1.29 is 9.53 Å². The molecular formula is C24H28N4O2S. The van der Waals surface area contributed by atoms with E-state index >= 15 is 0 Å². The van der Waals surface area contributed by atoms with E-state index in [1.54, 1.807) is 6.08 Å². The summed E-state index contributed by atoms with van der Waals surface area (Å²) < 4.78 is 8.00. The first-order chi connectivity index (χ1) is 15.1. The number of aryl methyl sites for hydroxylation is 1. The van der Waals surface area contributed by atoms with Gasteiger partial charge in [-0.25, -0.2) is 0 Å². The third-order valence-corrected chi connectivity index (χ3v) is 5.60. The first kappa shape index (κ1) is 22.6. The number of nitrogens with one attached hydrogen (secondary N) is 1. The van der Waals surface area contributed by atoms with Gasteiger partial charge in [0, 0.05) is 13.1 Å². The molecule has 1 N–H and O–H groups in total. The second kappa shape index (κ2) is 11.4. The monoisotopic (exact) mass is 436 g/mol. The van der Waals surface area contributed by atoms with Gasteiger partial charge in [-0.05, 0) is 43.5 Å². The number of allylic oxidation sites excluding steroid dienone is 1. The van der Waals surface area contributed by atoms with E-state index in [4.69, 9.17) is 4.74 Å². The van der Waals surface area contributed by atoms with Crippen molar-refractivity contribution in [3.05, 3.63) is 84.2 Å². The first-order valence-electron chi connectivity index (χ1n) is 10.3. The summed E-state index contributed by atoms with van der Waals surface area (Å²) in [6.45, 7) is 8.95. The number of amides is 1. The third-order valence-electron chi connectivity index (χ3n) is 4.63. The maximum Gasteiger partial charge on any atom is 0.230 e. The van der Waals surface area contributed by atoms with E-state index in [9.17, 15) is 4.79 Å². The van der Waals surface area contributed by atoms with Crippen molar-refractivity contribution in [3.8, 4) is 5.75 Å². The molecule has 162 valence electrons. The van der Waals surface area contributed by atoms with E-state index in [0.29, 0.717) is 24.1 Å². The minimum atomic E-state index is -0.289. The highest BCUT2D eigenvalue weighted by molar-refractivity contribution is 7.99. The minimum Gasteiger partial charge on any atom is -0.483 e. The van der Waals surface area contributed by atoms with Crippen LogP contribution in [0.1, 0.15) is 30.0 Å². The second-order valence-corrected chi connectivity index (χ2v) is 8.13. The average Bonchev–Trinajstić information content (AvgIpc) is 3.16. The summed E-state index contributed by atoms with van der Waals surface area (Å²) >= 11 is 1.36. The molecule has 1 amide bonds. The molecule has 1 aromatic heterocycles. The molecule has 2 aromatic carbocycles. The Morgan fingerprint density at radius 2 is 2.03 bits per heavy atom. The van der Waals surface area contributed by atoms with Crippen LogP contribution in [0.3, 0.4) is 0 Å². The third kappa shape index (κ3) is 6.72. The smallest absolute Gasteiger partial charge is 0.230 e. The van der Waals surface area contributed by atoms with E-state index < -0.39 is 0 Å². The Morgan fingerprint density at radius 1 is 1.23 bits per heavy atom. The first-order valence-corrected chi connectivity index (χ1v) is 11.3. The highest BCUT2D eigenvalue weighted by Gasteiger charge is 2.19. The number of hydrogen-bond donors (Lipinski definition) is 1. The predicted molar refractivity (Wildman–Crippen MR) is 124 cm³/mol. The molecule has 0 fully saturated rings. The SMILES string of the molecule is C=CCn1c(SCC(=O)NCCc2ccccc2)nnc1C(C)Oc1cccc(C)c1. The second-order valence-electron chi connectivity index (χ2n) is 7.19. The van der Waals surface area contributed by atoms with E-state index in [1.165, 1.54) is 17.3 Å². The van der Waals surface area contributed by atoms with Crippen LogP contribution >= 0.6 is 11.8 Å². The summed E-state index contributed by atoms with van der Waals surface area (Å²) in [6, 6.07) is 18.0. The zero-order valence-corrected chi connectivity index (χ0v) is 18.8. The molecule has 31 heavy (non-hydrogen) atoms. The van der Waals surface area contributed by atoms with Crippen molar-refractivity contribution in [2.24, 2.45) is 0 Å². The number of thioether (sulfide) groups is 1. The Bertz CT molecular complexity index is 1000. The Balaban J connectivity index is 1.56. The van der Waals surface area contributed by atoms with Crippen molar-refractivity contribution in [3.63, 3.8) is 0 Å². The molecule has 0 bridgehead atoms. The standard InChI is InChI=1S/C24H28N4O2S/c1-4-15-28-23(19(3)30-21-12-8-9-18(2)16-21)26-27-24(28)31-17-22(29)25-14-13-20-10-6-5-7-11-20/h4-12,16,19H,1,13-15,17H2,2-3H3,(H,25,29). The van der Waals surface area contributed by atoms with Crippen LogP contribution in [0, 0.1) is 6.92 Å². The molecule has 7 heteroatoms. The number of ether oxygens (including phenoxy) is 1. The number of rotatable bonds is 11. The predicted octanol–water partition coefficient (Wildman–Crippen LogP) is 4.36. The quantitative estimate of drug-likeness (QED) is 0.357. The molecule has 0 spiro atoms. The van der Waals surface area contributed by atoms with Gasteiger partial charge in [-0.15, -0.1) is 16.8 Å². The van der Waals surface area contributed by atoms with E-state index in [2.05, 4.69) is 34.2 Å². The number of nitrogens with zero attached hydrogens (tertiary/aromatic N) is 3. The highest BCUT2D eigenvalue weighted by Crippen LogP contribution is 2.25. The molecule has 0 radical (unpaired) electrons.